The SMILES string of the molecule is CCCC(=O)N[C@@H](COCc1ccccc1)C(=O)N[C@@H](CC(C)C)C(=O)C(C)(C)C(=O)OCc1ccccc1. The maximum Gasteiger partial charge on any atom is 0.319 e. The maximum atomic E-state index is 13.6. The maximum absolute atomic E-state index is 13.6. The van der Waals surface area contributed by atoms with Crippen molar-refractivity contribution in [1.29, 1.82) is 0 Å². The molecule has 0 bridgehead atoms. The normalized spacial score (nSPS) is 12.9. The van der Waals surface area contributed by atoms with Gasteiger partial charge in [0.15, 0.2) is 5.78 Å². The molecule has 0 spiro atoms. The highest BCUT2D eigenvalue weighted by Gasteiger charge is 2.42. The molecule has 8 heteroatoms. The lowest BCUT2D eigenvalue weighted by Crippen LogP contribution is -2.56. The zero-order valence-corrected chi connectivity index (χ0v) is 23.7. The van der Waals surface area contributed by atoms with E-state index < -0.39 is 35.2 Å². The van der Waals surface area contributed by atoms with Crippen LogP contribution >= 0.6 is 0 Å². The van der Waals surface area contributed by atoms with Crippen molar-refractivity contribution in [3.8, 4) is 0 Å². The standard InChI is InChI=1S/C31H42N2O6/c1-6-13-27(34)32-26(21-38-19-23-14-9-7-10-15-23)29(36)33-25(18-22(2)3)28(35)31(4,5)30(37)39-20-24-16-11-8-12-17-24/h7-12,14-17,22,25-26H,6,13,18-21H2,1-5H3,(H,32,34)(H,33,36)/t25-,26-/m0/s1. The summed E-state index contributed by atoms with van der Waals surface area (Å²) >= 11 is 0. The molecule has 39 heavy (non-hydrogen) atoms. The molecule has 8 nitrogen and oxygen atoms in total. The fraction of sp³-hybridized carbons (Fsp3) is 0.484. The second-order valence-electron chi connectivity index (χ2n) is 10.6. The fourth-order valence-corrected chi connectivity index (χ4v) is 3.96. The lowest BCUT2D eigenvalue weighted by atomic mass is 9.81. The van der Waals surface area contributed by atoms with Gasteiger partial charge in [-0.05, 0) is 43.7 Å². The molecule has 2 atom stereocenters. The summed E-state index contributed by atoms with van der Waals surface area (Å²) in [4.78, 5) is 52.3. The van der Waals surface area contributed by atoms with Crippen LogP contribution in [0, 0.1) is 11.3 Å². The van der Waals surface area contributed by atoms with E-state index in [1.54, 1.807) is 0 Å². The number of carbonyl (C=O) groups excluding carboxylic acids is 4. The summed E-state index contributed by atoms with van der Waals surface area (Å²) in [5, 5.41) is 5.51. The highest BCUT2D eigenvalue weighted by Crippen LogP contribution is 2.24. The molecule has 0 aromatic heterocycles. The van der Waals surface area contributed by atoms with Crippen LogP contribution in [0.2, 0.25) is 0 Å². The third kappa shape index (κ3) is 10.6. The highest BCUT2D eigenvalue weighted by atomic mass is 16.5. The molecule has 0 heterocycles. The minimum Gasteiger partial charge on any atom is -0.460 e. The van der Waals surface area contributed by atoms with Crippen molar-refractivity contribution >= 4 is 23.6 Å². The van der Waals surface area contributed by atoms with Gasteiger partial charge in [0.2, 0.25) is 11.8 Å². The van der Waals surface area contributed by atoms with Crippen molar-refractivity contribution in [2.24, 2.45) is 11.3 Å². The van der Waals surface area contributed by atoms with E-state index in [0.717, 1.165) is 11.1 Å². The summed E-state index contributed by atoms with van der Waals surface area (Å²) in [6.07, 6.45) is 1.20. The lowest BCUT2D eigenvalue weighted by Gasteiger charge is -2.29. The van der Waals surface area contributed by atoms with Gasteiger partial charge in [0.25, 0.3) is 0 Å². The Balaban J connectivity index is 2.12. The third-order valence-electron chi connectivity index (χ3n) is 6.20. The number of ketones is 1. The Labute approximate surface area is 231 Å². The van der Waals surface area contributed by atoms with Gasteiger partial charge in [-0.3, -0.25) is 19.2 Å². The Morgan fingerprint density at radius 2 is 1.38 bits per heavy atom. The quantitative estimate of drug-likeness (QED) is 0.243. The molecule has 0 radical (unpaired) electrons. The number of nitrogens with one attached hydrogen (secondary N) is 2. The van der Waals surface area contributed by atoms with Crippen LogP contribution in [0.4, 0.5) is 0 Å². The average molecular weight is 539 g/mol. The summed E-state index contributed by atoms with van der Waals surface area (Å²) in [5.74, 6) is -1.89. The zero-order chi connectivity index (χ0) is 28.8. The van der Waals surface area contributed by atoms with Crippen LogP contribution in [-0.2, 0) is 41.9 Å². The van der Waals surface area contributed by atoms with Gasteiger partial charge in [0.05, 0.1) is 19.3 Å². The van der Waals surface area contributed by atoms with Gasteiger partial charge in [-0.25, -0.2) is 0 Å². The summed E-state index contributed by atoms with van der Waals surface area (Å²) in [6, 6.07) is 16.7. The molecule has 2 N–H and O–H groups in total. The van der Waals surface area contributed by atoms with Gasteiger partial charge in [0.1, 0.15) is 18.1 Å². The number of carbonyl (C=O) groups is 4. The Morgan fingerprint density at radius 3 is 1.92 bits per heavy atom. The highest BCUT2D eigenvalue weighted by molar-refractivity contribution is 6.06. The number of Topliss-reactive ketones (excluding diaryl/α,β-unsaturated/α-hetero) is 1. The van der Waals surface area contributed by atoms with E-state index in [4.69, 9.17) is 9.47 Å². The molecule has 2 aromatic rings. The Kier molecular flexibility index (Phi) is 12.8. The van der Waals surface area contributed by atoms with Crippen molar-refractivity contribution in [3.05, 3.63) is 71.8 Å². The molecule has 0 fully saturated rings. The summed E-state index contributed by atoms with van der Waals surface area (Å²) in [5.41, 5.74) is 0.245. The topological polar surface area (TPSA) is 111 Å². The fourth-order valence-electron chi connectivity index (χ4n) is 3.96. The first-order valence-corrected chi connectivity index (χ1v) is 13.5. The Hall–Kier alpha value is -3.52. The molecule has 0 aliphatic rings. The molecule has 2 rings (SSSR count). The number of hydrogen-bond donors (Lipinski definition) is 2. The van der Waals surface area contributed by atoms with Crippen LogP contribution in [0.15, 0.2) is 60.7 Å². The summed E-state index contributed by atoms with van der Waals surface area (Å²) in [7, 11) is 0. The third-order valence-corrected chi connectivity index (χ3v) is 6.20. The van der Waals surface area contributed by atoms with E-state index in [1.807, 2.05) is 81.4 Å². The summed E-state index contributed by atoms with van der Waals surface area (Å²) in [6.45, 7) is 8.98. The van der Waals surface area contributed by atoms with Crippen molar-refractivity contribution in [1.82, 2.24) is 10.6 Å². The van der Waals surface area contributed by atoms with E-state index in [0.29, 0.717) is 12.8 Å². The van der Waals surface area contributed by atoms with E-state index in [1.165, 1.54) is 13.8 Å². The minimum absolute atomic E-state index is 0.0435. The molecular formula is C31H42N2O6. The Morgan fingerprint density at radius 1 is 0.821 bits per heavy atom. The van der Waals surface area contributed by atoms with E-state index in [-0.39, 0.29) is 38.1 Å². The van der Waals surface area contributed by atoms with Crippen LogP contribution in [0.25, 0.3) is 0 Å². The van der Waals surface area contributed by atoms with Crippen molar-refractivity contribution in [3.63, 3.8) is 0 Å². The average Bonchev–Trinajstić information content (AvgIpc) is 2.91. The molecule has 0 saturated carbocycles. The van der Waals surface area contributed by atoms with Crippen LogP contribution < -0.4 is 10.6 Å². The molecule has 0 unspecified atom stereocenters. The molecule has 2 aromatic carbocycles. The number of benzene rings is 2. The van der Waals surface area contributed by atoms with Gasteiger partial charge in [-0.2, -0.15) is 0 Å². The number of hydrogen-bond acceptors (Lipinski definition) is 6. The number of ether oxygens (including phenoxy) is 2. The van der Waals surface area contributed by atoms with E-state index >= 15 is 0 Å². The summed E-state index contributed by atoms with van der Waals surface area (Å²) < 4.78 is 11.2. The second-order valence-corrected chi connectivity index (χ2v) is 10.6. The first-order chi connectivity index (χ1) is 18.5. The molecule has 0 aliphatic carbocycles. The van der Waals surface area contributed by atoms with Crippen molar-refractivity contribution in [2.75, 3.05) is 6.61 Å². The minimum atomic E-state index is -1.49. The molecular weight excluding hydrogens is 496 g/mol. The predicted molar refractivity (Wildman–Crippen MR) is 149 cm³/mol. The van der Waals surface area contributed by atoms with Crippen LogP contribution in [-0.4, -0.2) is 42.3 Å². The molecule has 212 valence electrons. The van der Waals surface area contributed by atoms with Gasteiger partial charge >= 0.3 is 5.97 Å². The number of esters is 1. The van der Waals surface area contributed by atoms with Gasteiger partial charge in [0, 0.05) is 6.42 Å². The number of rotatable bonds is 16. The van der Waals surface area contributed by atoms with Crippen molar-refractivity contribution < 1.29 is 28.7 Å². The van der Waals surface area contributed by atoms with Gasteiger partial charge < -0.3 is 20.1 Å². The van der Waals surface area contributed by atoms with Crippen LogP contribution in [0.3, 0.4) is 0 Å². The van der Waals surface area contributed by atoms with Crippen LogP contribution in [0.1, 0.15) is 65.0 Å². The molecule has 0 aliphatic heterocycles. The van der Waals surface area contributed by atoms with E-state index in [9.17, 15) is 19.2 Å². The van der Waals surface area contributed by atoms with Gasteiger partial charge in [-0.15, -0.1) is 0 Å². The zero-order valence-electron chi connectivity index (χ0n) is 23.7. The monoisotopic (exact) mass is 538 g/mol. The lowest BCUT2D eigenvalue weighted by molar-refractivity contribution is -0.160. The molecule has 0 saturated heterocycles. The Bertz CT molecular complexity index is 1070. The van der Waals surface area contributed by atoms with Crippen molar-refractivity contribution in [2.45, 2.75) is 79.2 Å². The van der Waals surface area contributed by atoms with Crippen LogP contribution in [0.5, 0.6) is 0 Å². The second kappa shape index (κ2) is 15.8. The van der Waals surface area contributed by atoms with E-state index in [2.05, 4.69) is 10.6 Å². The number of amides is 2. The first-order valence-electron chi connectivity index (χ1n) is 13.5. The largest absolute Gasteiger partial charge is 0.460 e. The smallest absolute Gasteiger partial charge is 0.319 e. The molecule has 2 amide bonds. The first kappa shape index (κ1) is 31.7. The van der Waals surface area contributed by atoms with Gasteiger partial charge in [-0.1, -0.05) is 81.4 Å². The predicted octanol–water partition coefficient (Wildman–Crippen LogP) is 4.36.